The van der Waals surface area contributed by atoms with Gasteiger partial charge in [0.2, 0.25) is 0 Å². The Morgan fingerprint density at radius 2 is 2.05 bits per heavy atom. The van der Waals surface area contributed by atoms with Gasteiger partial charge in [-0.25, -0.2) is 0 Å². The highest BCUT2D eigenvalue weighted by Gasteiger charge is 2.32. The molecule has 19 heavy (non-hydrogen) atoms. The molecule has 1 saturated heterocycles. The summed E-state index contributed by atoms with van der Waals surface area (Å²) in [5, 5.41) is 11.0. The Kier molecular flexibility index (Phi) is 4.71. The molecule has 0 aliphatic carbocycles. The minimum atomic E-state index is -4.10. The molecule has 1 fully saturated rings. The number of hydrogen-bond acceptors (Lipinski definition) is 4. The van der Waals surface area contributed by atoms with E-state index in [9.17, 15) is 13.2 Å². The van der Waals surface area contributed by atoms with Crippen LogP contribution in [0.3, 0.4) is 0 Å². The minimum absolute atomic E-state index is 0.256. The second-order valence-electron chi connectivity index (χ2n) is 4.76. The summed E-state index contributed by atoms with van der Waals surface area (Å²) >= 11 is 0. The first-order chi connectivity index (χ1) is 9.03. The monoisotopic (exact) mass is 274 g/mol. The molecule has 0 radical (unpaired) electrons. The van der Waals surface area contributed by atoms with Gasteiger partial charge in [-0.05, 0) is 38.1 Å². The van der Waals surface area contributed by atoms with E-state index in [2.05, 4.69) is 15.5 Å². The van der Waals surface area contributed by atoms with Gasteiger partial charge in [0.05, 0.1) is 12.2 Å². The Morgan fingerprint density at radius 3 is 2.63 bits per heavy atom. The number of alkyl halides is 3. The summed E-state index contributed by atoms with van der Waals surface area (Å²) in [7, 11) is 0. The van der Waals surface area contributed by atoms with Crippen molar-refractivity contribution in [2.45, 2.75) is 31.6 Å². The van der Waals surface area contributed by atoms with Gasteiger partial charge in [0.15, 0.2) is 0 Å². The predicted molar refractivity (Wildman–Crippen MR) is 64.4 cm³/mol. The highest BCUT2D eigenvalue weighted by atomic mass is 19.4. The smallest absolute Gasteiger partial charge is 0.308 e. The molecule has 2 heterocycles. The first kappa shape index (κ1) is 14.2. The van der Waals surface area contributed by atoms with Crippen molar-refractivity contribution in [1.29, 1.82) is 0 Å². The fraction of sp³-hybridized carbons (Fsp3) is 0.667. The lowest BCUT2D eigenvalue weighted by Crippen LogP contribution is -2.45. The first-order valence-electron chi connectivity index (χ1n) is 6.32. The van der Waals surface area contributed by atoms with Crippen molar-refractivity contribution in [1.82, 2.24) is 20.4 Å². The number of rotatable bonds is 4. The molecule has 1 N–H and O–H groups in total. The standard InChI is InChI=1S/C12H17F3N4/c13-12(14,15)9-19-6-3-10(4-7-19)16-8-11-2-1-5-17-18-11/h1-2,5,10,16H,3-4,6-9H2. The van der Waals surface area contributed by atoms with Gasteiger partial charge in [0.1, 0.15) is 0 Å². The van der Waals surface area contributed by atoms with Crippen molar-refractivity contribution < 1.29 is 13.2 Å². The van der Waals surface area contributed by atoms with Crippen LogP contribution in [0.4, 0.5) is 13.2 Å². The van der Waals surface area contributed by atoms with E-state index >= 15 is 0 Å². The van der Waals surface area contributed by atoms with E-state index in [1.807, 2.05) is 12.1 Å². The molecule has 1 aliphatic heterocycles. The summed E-state index contributed by atoms with van der Waals surface area (Å²) < 4.78 is 36.7. The molecule has 0 spiro atoms. The average Bonchev–Trinajstić information content (AvgIpc) is 2.37. The number of likely N-dealkylation sites (tertiary alicyclic amines) is 1. The molecule has 2 rings (SSSR count). The summed E-state index contributed by atoms with van der Waals surface area (Å²) in [4.78, 5) is 1.46. The SMILES string of the molecule is FC(F)(F)CN1CCC(NCc2cccnn2)CC1. The summed E-state index contributed by atoms with van der Waals surface area (Å²) in [5.41, 5.74) is 0.847. The average molecular weight is 274 g/mol. The number of nitrogens with one attached hydrogen (secondary N) is 1. The Hall–Kier alpha value is -1.21. The number of aromatic nitrogens is 2. The number of halogens is 3. The van der Waals surface area contributed by atoms with E-state index < -0.39 is 12.7 Å². The number of nitrogens with zero attached hydrogens (tertiary/aromatic N) is 3. The zero-order chi connectivity index (χ0) is 13.7. The Bertz CT molecular complexity index is 374. The van der Waals surface area contributed by atoms with Crippen LogP contribution in [0.5, 0.6) is 0 Å². The Balaban J connectivity index is 1.69. The molecule has 0 saturated carbocycles. The van der Waals surface area contributed by atoms with Gasteiger partial charge >= 0.3 is 6.18 Å². The fourth-order valence-electron chi connectivity index (χ4n) is 2.23. The van der Waals surface area contributed by atoms with Gasteiger partial charge in [-0.2, -0.15) is 23.4 Å². The predicted octanol–water partition coefficient (Wildman–Crippen LogP) is 1.59. The third kappa shape index (κ3) is 5.12. The molecular weight excluding hydrogens is 257 g/mol. The maximum Gasteiger partial charge on any atom is 0.401 e. The van der Waals surface area contributed by atoms with Crippen molar-refractivity contribution in [3.05, 3.63) is 24.0 Å². The molecule has 106 valence electrons. The lowest BCUT2D eigenvalue weighted by atomic mass is 10.0. The van der Waals surface area contributed by atoms with Crippen molar-refractivity contribution in [3.8, 4) is 0 Å². The van der Waals surface area contributed by atoms with Gasteiger partial charge in [-0.1, -0.05) is 0 Å². The largest absolute Gasteiger partial charge is 0.401 e. The summed E-state index contributed by atoms with van der Waals surface area (Å²) in [6.45, 7) is 0.775. The lowest BCUT2D eigenvalue weighted by molar-refractivity contribution is -0.148. The van der Waals surface area contributed by atoms with Crippen LogP contribution in [0, 0.1) is 0 Å². The van der Waals surface area contributed by atoms with Crippen molar-refractivity contribution >= 4 is 0 Å². The van der Waals surface area contributed by atoms with Crippen molar-refractivity contribution in [3.63, 3.8) is 0 Å². The van der Waals surface area contributed by atoms with Crippen LogP contribution in [0.1, 0.15) is 18.5 Å². The molecule has 1 aliphatic rings. The maximum atomic E-state index is 12.2. The normalized spacial score (nSPS) is 18.7. The third-order valence-electron chi connectivity index (χ3n) is 3.19. The van der Waals surface area contributed by atoms with Gasteiger partial charge in [-0.3, -0.25) is 4.90 Å². The van der Waals surface area contributed by atoms with Crippen LogP contribution in [0.2, 0.25) is 0 Å². The van der Waals surface area contributed by atoms with E-state index in [1.54, 1.807) is 6.20 Å². The molecule has 1 aromatic heterocycles. The van der Waals surface area contributed by atoms with Gasteiger partial charge < -0.3 is 5.32 Å². The quantitative estimate of drug-likeness (QED) is 0.905. The molecule has 0 aromatic carbocycles. The molecule has 7 heteroatoms. The van der Waals surface area contributed by atoms with Crippen LogP contribution in [0.15, 0.2) is 18.3 Å². The molecule has 4 nitrogen and oxygen atoms in total. The Labute approximate surface area is 110 Å². The van der Waals surface area contributed by atoms with Crippen molar-refractivity contribution in [2.24, 2.45) is 0 Å². The second-order valence-corrected chi connectivity index (χ2v) is 4.76. The lowest BCUT2D eigenvalue weighted by Gasteiger charge is -2.32. The summed E-state index contributed by atoms with van der Waals surface area (Å²) in [6.07, 6.45) is -1.02. The van der Waals surface area contributed by atoms with E-state index in [-0.39, 0.29) is 6.04 Å². The number of hydrogen-bond donors (Lipinski definition) is 1. The molecule has 0 bridgehead atoms. The molecule has 0 atom stereocenters. The van der Waals surface area contributed by atoms with Crippen LogP contribution in [0.25, 0.3) is 0 Å². The van der Waals surface area contributed by atoms with Crippen LogP contribution in [-0.4, -0.2) is 46.9 Å². The fourth-order valence-corrected chi connectivity index (χ4v) is 2.23. The van der Waals surface area contributed by atoms with E-state index in [4.69, 9.17) is 0 Å². The van der Waals surface area contributed by atoms with E-state index in [0.29, 0.717) is 19.6 Å². The number of piperidine rings is 1. The van der Waals surface area contributed by atoms with Gasteiger partial charge in [-0.15, -0.1) is 0 Å². The molecular formula is C12H17F3N4. The maximum absolute atomic E-state index is 12.2. The Morgan fingerprint density at radius 1 is 1.32 bits per heavy atom. The summed E-state index contributed by atoms with van der Waals surface area (Å²) in [6, 6.07) is 3.95. The zero-order valence-corrected chi connectivity index (χ0v) is 10.5. The third-order valence-corrected chi connectivity index (χ3v) is 3.19. The minimum Gasteiger partial charge on any atom is -0.308 e. The molecule has 0 amide bonds. The molecule has 0 unspecified atom stereocenters. The van der Waals surface area contributed by atoms with Crippen LogP contribution >= 0.6 is 0 Å². The topological polar surface area (TPSA) is 41.0 Å². The first-order valence-corrected chi connectivity index (χ1v) is 6.32. The molecule has 1 aromatic rings. The second kappa shape index (κ2) is 6.29. The van der Waals surface area contributed by atoms with E-state index in [0.717, 1.165) is 18.5 Å². The van der Waals surface area contributed by atoms with Gasteiger partial charge in [0.25, 0.3) is 0 Å². The zero-order valence-electron chi connectivity index (χ0n) is 10.5. The van der Waals surface area contributed by atoms with Crippen LogP contribution in [-0.2, 0) is 6.54 Å². The summed E-state index contributed by atoms with van der Waals surface area (Å²) in [5.74, 6) is 0. The van der Waals surface area contributed by atoms with Gasteiger partial charge in [0, 0.05) is 18.8 Å². The van der Waals surface area contributed by atoms with E-state index in [1.165, 1.54) is 4.90 Å². The highest BCUT2D eigenvalue weighted by Crippen LogP contribution is 2.19. The van der Waals surface area contributed by atoms with Crippen molar-refractivity contribution in [2.75, 3.05) is 19.6 Å². The highest BCUT2D eigenvalue weighted by molar-refractivity contribution is 4.98. The van der Waals surface area contributed by atoms with Crippen LogP contribution < -0.4 is 5.32 Å².